The van der Waals surface area contributed by atoms with E-state index in [1.54, 1.807) is 4.90 Å². The minimum Gasteiger partial charge on any atom is -0.444 e. The first-order chi connectivity index (χ1) is 10.3. The molecule has 0 radical (unpaired) electrons. The summed E-state index contributed by atoms with van der Waals surface area (Å²) in [5, 5.41) is 0. The van der Waals surface area contributed by atoms with Gasteiger partial charge in [0.1, 0.15) is 5.60 Å². The van der Waals surface area contributed by atoms with Gasteiger partial charge in [-0.2, -0.15) is 0 Å². The van der Waals surface area contributed by atoms with E-state index < -0.39 is 5.60 Å². The zero-order chi connectivity index (χ0) is 15.9. The molecule has 1 unspecified atom stereocenters. The maximum absolute atomic E-state index is 12.1. The van der Waals surface area contributed by atoms with Crippen molar-refractivity contribution in [1.82, 2.24) is 4.90 Å². The van der Waals surface area contributed by atoms with Gasteiger partial charge in [-0.05, 0) is 50.6 Å². The Morgan fingerprint density at radius 2 is 1.91 bits per heavy atom. The molecule has 2 aliphatic rings. The molecule has 0 spiro atoms. The SMILES string of the molecule is CC(C)(C)OC(=O)N1CC2=CN(c3ccc(N)cc3)CC2C1. The fourth-order valence-corrected chi connectivity index (χ4v) is 2.92. The highest BCUT2D eigenvalue weighted by molar-refractivity contribution is 5.70. The zero-order valence-electron chi connectivity index (χ0n) is 13.4. The van der Waals surface area contributed by atoms with E-state index in [-0.39, 0.29) is 6.09 Å². The smallest absolute Gasteiger partial charge is 0.410 e. The number of ether oxygens (including phenoxy) is 1. The van der Waals surface area contributed by atoms with Crippen molar-refractivity contribution >= 4 is 17.5 Å². The maximum atomic E-state index is 12.1. The fourth-order valence-electron chi connectivity index (χ4n) is 2.92. The molecule has 0 saturated carbocycles. The van der Waals surface area contributed by atoms with Crippen molar-refractivity contribution in [2.75, 3.05) is 30.3 Å². The molecule has 1 aromatic carbocycles. The second kappa shape index (κ2) is 5.23. The molecule has 1 atom stereocenters. The Labute approximate surface area is 131 Å². The summed E-state index contributed by atoms with van der Waals surface area (Å²) in [6, 6.07) is 7.88. The molecule has 1 fully saturated rings. The Kier molecular flexibility index (Phi) is 3.51. The number of hydrogen-bond acceptors (Lipinski definition) is 4. The molecule has 118 valence electrons. The summed E-state index contributed by atoms with van der Waals surface area (Å²) in [5.74, 6) is 0.394. The van der Waals surface area contributed by atoms with Crippen LogP contribution in [0, 0.1) is 5.92 Å². The van der Waals surface area contributed by atoms with E-state index >= 15 is 0 Å². The number of fused-ring (bicyclic) bond motifs is 1. The summed E-state index contributed by atoms with van der Waals surface area (Å²) in [7, 11) is 0. The lowest BCUT2D eigenvalue weighted by molar-refractivity contribution is 0.0291. The second-order valence-electron chi connectivity index (χ2n) is 7.01. The Morgan fingerprint density at radius 1 is 1.23 bits per heavy atom. The number of hydrogen-bond donors (Lipinski definition) is 1. The second-order valence-corrected chi connectivity index (χ2v) is 7.01. The van der Waals surface area contributed by atoms with Crippen molar-refractivity contribution in [2.45, 2.75) is 26.4 Å². The molecule has 1 amide bonds. The van der Waals surface area contributed by atoms with E-state index in [2.05, 4.69) is 11.1 Å². The van der Waals surface area contributed by atoms with Crippen LogP contribution in [0.15, 0.2) is 36.0 Å². The van der Waals surface area contributed by atoms with Crippen LogP contribution in [0.25, 0.3) is 0 Å². The van der Waals surface area contributed by atoms with Crippen LogP contribution in [0.1, 0.15) is 20.8 Å². The summed E-state index contributed by atoms with van der Waals surface area (Å²) in [4.78, 5) is 16.2. The van der Waals surface area contributed by atoms with Crippen molar-refractivity contribution in [3.8, 4) is 0 Å². The molecule has 0 aliphatic carbocycles. The molecule has 5 heteroatoms. The van der Waals surface area contributed by atoms with Crippen LogP contribution in [0.3, 0.4) is 0 Å². The van der Waals surface area contributed by atoms with Gasteiger partial charge in [-0.3, -0.25) is 0 Å². The van der Waals surface area contributed by atoms with Crippen LogP contribution in [0.4, 0.5) is 16.2 Å². The van der Waals surface area contributed by atoms with Crippen molar-refractivity contribution in [3.63, 3.8) is 0 Å². The molecule has 3 rings (SSSR count). The van der Waals surface area contributed by atoms with E-state index in [9.17, 15) is 4.79 Å². The summed E-state index contributed by atoms with van der Waals surface area (Å²) in [6.07, 6.45) is 1.93. The van der Waals surface area contributed by atoms with Crippen LogP contribution in [0.2, 0.25) is 0 Å². The lowest BCUT2D eigenvalue weighted by atomic mass is 10.1. The number of amides is 1. The minimum absolute atomic E-state index is 0.221. The standard InChI is InChI=1S/C17H23N3O2/c1-17(2,3)22-16(21)20-10-12-8-19(9-13(12)11-20)15-6-4-14(18)5-7-15/h4-8,13H,9-11,18H2,1-3H3. The first-order valence-electron chi connectivity index (χ1n) is 7.62. The van der Waals surface area contributed by atoms with Crippen LogP contribution >= 0.6 is 0 Å². The number of carbonyl (C=O) groups excluding carboxylic acids is 1. The van der Waals surface area contributed by atoms with Gasteiger partial charge in [0.15, 0.2) is 0 Å². The van der Waals surface area contributed by atoms with Gasteiger partial charge in [0.05, 0.1) is 0 Å². The lowest BCUT2D eigenvalue weighted by Gasteiger charge is -2.25. The zero-order valence-corrected chi connectivity index (χ0v) is 13.4. The monoisotopic (exact) mass is 301 g/mol. The number of carbonyl (C=O) groups is 1. The highest BCUT2D eigenvalue weighted by atomic mass is 16.6. The van der Waals surface area contributed by atoms with Crippen molar-refractivity contribution < 1.29 is 9.53 Å². The van der Waals surface area contributed by atoms with Gasteiger partial charge < -0.3 is 20.3 Å². The summed E-state index contributed by atoms with van der Waals surface area (Å²) in [5.41, 5.74) is 8.49. The predicted molar refractivity (Wildman–Crippen MR) is 87.6 cm³/mol. The normalized spacial score (nSPS) is 20.9. The molecule has 1 saturated heterocycles. The molecular weight excluding hydrogens is 278 g/mol. The number of likely N-dealkylation sites (tertiary alicyclic amines) is 1. The molecular formula is C17H23N3O2. The van der Waals surface area contributed by atoms with Gasteiger partial charge in [0, 0.05) is 43.1 Å². The highest BCUT2D eigenvalue weighted by Gasteiger charge is 2.37. The average molecular weight is 301 g/mol. The van der Waals surface area contributed by atoms with E-state index in [0.29, 0.717) is 12.5 Å². The molecule has 2 aliphatic heterocycles. The number of rotatable bonds is 1. The number of benzene rings is 1. The first-order valence-corrected chi connectivity index (χ1v) is 7.62. The molecule has 2 N–H and O–H groups in total. The Morgan fingerprint density at radius 3 is 2.50 bits per heavy atom. The minimum atomic E-state index is -0.445. The van der Waals surface area contributed by atoms with Gasteiger partial charge in [0.25, 0.3) is 0 Å². The maximum Gasteiger partial charge on any atom is 0.410 e. The van der Waals surface area contributed by atoms with E-state index in [1.165, 1.54) is 5.57 Å². The Balaban J connectivity index is 1.66. The molecule has 1 aromatic rings. The van der Waals surface area contributed by atoms with Crippen LogP contribution < -0.4 is 10.6 Å². The number of nitrogens with two attached hydrogens (primary N) is 1. The molecule has 5 nitrogen and oxygen atoms in total. The van der Waals surface area contributed by atoms with Gasteiger partial charge in [-0.15, -0.1) is 0 Å². The van der Waals surface area contributed by atoms with E-state index in [0.717, 1.165) is 24.5 Å². The molecule has 22 heavy (non-hydrogen) atoms. The molecule has 2 heterocycles. The topological polar surface area (TPSA) is 58.8 Å². The van der Waals surface area contributed by atoms with Gasteiger partial charge in [-0.25, -0.2) is 4.79 Å². The lowest BCUT2D eigenvalue weighted by Crippen LogP contribution is -2.36. The van der Waals surface area contributed by atoms with Crippen LogP contribution in [-0.4, -0.2) is 36.2 Å². The third-order valence-corrected chi connectivity index (χ3v) is 3.95. The van der Waals surface area contributed by atoms with E-state index in [4.69, 9.17) is 10.5 Å². The molecule has 0 bridgehead atoms. The van der Waals surface area contributed by atoms with Crippen molar-refractivity contribution in [1.29, 1.82) is 0 Å². The first kappa shape index (κ1) is 14.8. The van der Waals surface area contributed by atoms with Crippen molar-refractivity contribution in [2.24, 2.45) is 5.92 Å². The number of anilines is 2. The van der Waals surface area contributed by atoms with Crippen LogP contribution in [-0.2, 0) is 4.74 Å². The molecule has 0 aromatic heterocycles. The van der Waals surface area contributed by atoms with Gasteiger partial charge in [-0.1, -0.05) is 0 Å². The summed E-state index contributed by atoms with van der Waals surface area (Å²) in [6.45, 7) is 7.97. The Bertz CT molecular complexity index is 601. The average Bonchev–Trinajstić information content (AvgIpc) is 2.95. The summed E-state index contributed by atoms with van der Waals surface area (Å²) < 4.78 is 5.44. The number of nitrogens with zero attached hydrogens (tertiary/aromatic N) is 2. The third kappa shape index (κ3) is 3.03. The third-order valence-electron chi connectivity index (χ3n) is 3.95. The largest absolute Gasteiger partial charge is 0.444 e. The van der Waals surface area contributed by atoms with Gasteiger partial charge in [0.2, 0.25) is 0 Å². The highest BCUT2D eigenvalue weighted by Crippen LogP contribution is 2.33. The number of nitrogen functional groups attached to an aromatic ring is 1. The summed E-state index contributed by atoms with van der Waals surface area (Å²) >= 11 is 0. The van der Waals surface area contributed by atoms with Gasteiger partial charge >= 0.3 is 6.09 Å². The van der Waals surface area contributed by atoms with Crippen LogP contribution in [0.5, 0.6) is 0 Å². The predicted octanol–water partition coefficient (Wildman–Crippen LogP) is 2.84. The van der Waals surface area contributed by atoms with E-state index in [1.807, 2.05) is 45.0 Å². The van der Waals surface area contributed by atoms with Crippen molar-refractivity contribution in [3.05, 3.63) is 36.0 Å². The fraction of sp³-hybridized carbons (Fsp3) is 0.471. The quantitative estimate of drug-likeness (QED) is 0.810. The Hall–Kier alpha value is -2.17.